The van der Waals surface area contributed by atoms with E-state index in [1.54, 1.807) is 0 Å². The number of nitrogens with zero attached hydrogens (tertiary/aromatic N) is 3. The Labute approximate surface area is 154 Å². The molecule has 4 rings (SSSR count). The van der Waals surface area contributed by atoms with Crippen LogP contribution in [0.1, 0.15) is 12.0 Å². The van der Waals surface area contributed by atoms with Gasteiger partial charge in [0.15, 0.2) is 0 Å². The number of imide groups is 1. The Morgan fingerprint density at radius 3 is 2.22 bits per heavy atom. The minimum absolute atomic E-state index is 0.0412. The molecule has 1 heterocycles. The lowest BCUT2D eigenvalue weighted by Crippen LogP contribution is -2.28. The molecule has 4 atom stereocenters. The van der Waals surface area contributed by atoms with Crippen molar-refractivity contribution in [3.8, 4) is 11.5 Å². The molecule has 0 spiro atoms. The number of hydrogen-bond donors (Lipinski definition) is 0. The predicted molar refractivity (Wildman–Crippen MR) is 93.4 cm³/mol. The molecule has 0 unspecified atom stereocenters. The number of ether oxygens (including phenoxy) is 2. The summed E-state index contributed by atoms with van der Waals surface area (Å²) in [6.45, 7) is 0. The molecule has 1 saturated carbocycles. The van der Waals surface area contributed by atoms with E-state index in [-0.39, 0.29) is 58.2 Å². The van der Waals surface area contributed by atoms with Crippen molar-refractivity contribution in [2.45, 2.75) is 6.42 Å². The van der Waals surface area contributed by atoms with Gasteiger partial charge in [-0.2, -0.15) is 10.1 Å². The van der Waals surface area contributed by atoms with Crippen molar-refractivity contribution in [1.29, 1.82) is 0 Å². The molecule has 2 bridgehead atoms. The van der Waals surface area contributed by atoms with Crippen LogP contribution in [0, 0.1) is 33.8 Å². The van der Waals surface area contributed by atoms with Crippen LogP contribution in [-0.4, -0.2) is 42.2 Å². The number of nitro groups is 1. The second-order valence-electron chi connectivity index (χ2n) is 6.76. The molecule has 2 amide bonds. The van der Waals surface area contributed by atoms with Crippen LogP contribution >= 0.6 is 0 Å². The number of allylic oxidation sites excluding steroid dienone is 2. The van der Waals surface area contributed by atoms with Gasteiger partial charge in [-0.1, -0.05) is 12.2 Å². The molecule has 2 fully saturated rings. The van der Waals surface area contributed by atoms with Gasteiger partial charge in [0.1, 0.15) is 5.75 Å². The summed E-state index contributed by atoms with van der Waals surface area (Å²) in [7, 11) is 2.72. The number of fused-ring (bicyclic) bond motifs is 5. The molecule has 140 valence electrons. The highest BCUT2D eigenvalue weighted by atomic mass is 16.6. The molecule has 9 nitrogen and oxygen atoms in total. The van der Waals surface area contributed by atoms with Crippen molar-refractivity contribution in [2.24, 2.45) is 28.8 Å². The maximum atomic E-state index is 12.6. The largest absolute Gasteiger partial charge is 0.496 e. The van der Waals surface area contributed by atoms with Crippen molar-refractivity contribution >= 4 is 23.7 Å². The van der Waals surface area contributed by atoms with Crippen molar-refractivity contribution in [1.82, 2.24) is 5.01 Å². The van der Waals surface area contributed by atoms with Gasteiger partial charge in [-0.3, -0.25) is 19.7 Å². The van der Waals surface area contributed by atoms with Gasteiger partial charge < -0.3 is 9.47 Å². The van der Waals surface area contributed by atoms with E-state index in [1.165, 1.54) is 32.6 Å². The number of hydrazone groups is 1. The average Bonchev–Trinajstić information content (AvgIpc) is 3.34. The van der Waals surface area contributed by atoms with Crippen LogP contribution in [0.2, 0.25) is 0 Å². The van der Waals surface area contributed by atoms with E-state index < -0.39 is 4.92 Å². The number of amides is 2. The lowest BCUT2D eigenvalue weighted by Gasteiger charge is -2.13. The number of rotatable bonds is 5. The van der Waals surface area contributed by atoms with Gasteiger partial charge in [0.05, 0.1) is 37.2 Å². The smallest absolute Gasteiger partial charge is 0.311 e. The van der Waals surface area contributed by atoms with Crippen LogP contribution in [0.5, 0.6) is 11.5 Å². The number of carbonyl (C=O) groups excluding carboxylic acids is 2. The summed E-state index contributed by atoms with van der Waals surface area (Å²) < 4.78 is 10.2. The summed E-state index contributed by atoms with van der Waals surface area (Å²) >= 11 is 0. The SMILES string of the molecule is COc1cc(OC)c([N+](=O)[O-])cc1/C=N\N1C(=O)[C@H]2[C@H](C1=O)[C@H]1C=C[C@H]2C1. The molecule has 0 aromatic heterocycles. The van der Waals surface area contributed by atoms with Crippen molar-refractivity contribution < 1.29 is 24.0 Å². The van der Waals surface area contributed by atoms with Crippen molar-refractivity contribution in [3.63, 3.8) is 0 Å². The quantitative estimate of drug-likeness (QED) is 0.256. The molecule has 2 aliphatic carbocycles. The first-order valence-corrected chi connectivity index (χ1v) is 8.46. The Bertz CT molecular complexity index is 879. The van der Waals surface area contributed by atoms with Gasteiger partial charge in [0.2, 0.25) is 5.75 Å². The number of nitro benzene ring substituents is 1. The monoisotopic (exact) mass is 371 g/mol. The van der Waals surface area contributed by atoms with Gasteiger partial charge in [0.25, 0.3) is 11.8 Å². The molecule has 9 heteroatoms. The fourth-order valence-electron chi connectivity index (χ4n) is 4.27. The summed E-state index contributed by atoms with van der Waals surface area (Å²) in [6.07, 6.45) is 6.07. The lowest BCUT2D eigenvalue weighted by molar-refractivity contribution is -0.385. The Morgan fingerprint density at radius 2 is 1.70 bits per heavy atom. The summed E-state index contributed by atoms with van der Waals surface area (Å²) in [5, 5.41) is 16.1. The zero-order valence-corrected chi connectivity index (χ0v) is 14.7. The molecule has 27 heavy (non-hydrogen) atoms. The van der Waals surface area contributed by atoms with E-state index in [9.17, 15) is 19.7 Å². The van der Waals surface area contributed by atoms with Gasteiger partial charge in [-0.05, 0) is 18.3 Å². The highest BCUT2D eigenvalue weighted by molar-refractivity contribution is 6.07. The molecule has 1 saturated heterocycles. The fourth-order valence-corrected chi connectivity index (χ4v) is 4.27. The van der Waals surface area contributed by atoms with Crippen LogP contribution < -0.4 is 9.47 Å². The second kappa shape index (κ2) is 6.19. The minimum Gasteiger partial charge on any atom is -0.496 e. The highest BCUT2D eigenvalue weighted by Crippen LogP contribution is 2.52. The maximum absolute atomic E-state index is 12.6. The van der Waals surface area contributed by atoms with Crippen LogP contribution in [0.4, 0.5) is 5.69 Å². The summed E-state index contributed by atoms with van der Waals surface area (Å²) in [4.78, 5) is 35.9. The molecular formula is C18H17N3O6. The molecule has 1 aliphatic heterocycles. The van der Waals surface area contributed by atoms with Gasteiger partial charge >= 0.3 is 5.69 Å². The van der Waals surface area contributed by atoms with E-state index in [0.29, 0.717) is 0 Å². The molecular weight excluding hydrogens is 354 g/mol. The Morgan fingerprint density at radius 1 is 1.11 bits per heavy atom. The van der Waals surface area contributed by atoms with Crippen LogP contribution in [0.25, 0.3) is 0 Å². The predicted octanol–water partition coefficient (Wildman–Crippen LogP) is 1.75. The zero-order chi connectivity index (χ0) is 19.3. The number of hydrogen-bond acceptors (Lipinski definition) is 7. The van der Waals surface area contributed by atoms with Crippen molar-refractivity contribution in [3.05, 3.63) is 40.0 Å². The number of methoxy groups -OCH3 is 2. The summed E-state index contributed by atoms with van der Waals surface area (Å²) in [6, 6.07) is 2.60. The minimum atomic E-state index is -0.588. The molecule has 0 radical (unpaired) electrons. The van der Waals surface area contributed by atoms with E-state index in [1.807, 2.05) is 12.2 Å². The topological polar surface area (TPSA) is 111 Å². The first-order chi connectivity index (χ1) is 13.0. The standard InChI is InChI=1S/C18H17N3O6/c1-26-13-7-14(27-2)12(21(24)25)6-11(13)8-19-20-17(22)15-9-3-4-10(5-9)16(15)18(20)23/h3-4,6-10,15-16H,5H2,1-2H3/b19-8-/t9-,10-,15+,16+/m0/s1. The number of benzene rings is 1. The molecule has 0 N–H and O–H groups in total. The van der Waals surface area contributed by atoms with Crippen LogP contribution in [-0.2, 0) is 9.59 Å². The normalized spacial score (nSPS) is 28.3. The second-order valence-corrected chi connectivity index (χ2v) is 6.76. The van der Waals surface area contributed by atoms with E-state index in [2.05, 4.69) is 5.10 Å². The van der Waals surface area contributed by atoms with Crippen molar-refractivity contribution in [2.75, 3.05) is 14.2 Å². The average molecular weight is 371 g/mol. The summed E-state index contributed by atoms with van der Waals surface area (Å²) in [5.41, 5.74) is 0.00157. The molecule has 1 aromatic rings. The Balaban J connectivity index is 1.65. The van der Waals surface area contributed by atoms with E-state index >= 15 is 0 Å². The maximum Gasteiger partial charge on any atom is 0.311 e. The van der Waals surface area contributed by atoms with E-state index in [0.717, 1.165) is 11.4 Å². The Hall–Kier alpha value is -3.23. The first-order valence-electron chi connectivity index (χ1n) is 8.46. The molecule has 1 aromatic carbocycles. The molecule has 3 aliphatic rings. The number of carbonyl (C=O) groups is 2. The highest BCUT2D eigenvalue weighted by Gasteiger charge is 2.59. The fraction of sp³-hybridized carbons (Fsp3) is 0.389. The van der Waals surface area contributed by atoms with Gasteiger partial charge in [-0.25, -0.2) is 0 Å². The van der Waals surface area contributed by atoms with Gasteiger partial charge in [0, 0.05) is 17.7 Å². The van der Waals surface area contributed by atoms with Gasteiger partial charge in [-0.15, -0.1) is 0 Å². The third-order valence-electron chi connectivity index (χ3n) is 5.49. The zero-order valence-electron chi connectivity index (χ0n) is 14.7. The third-order valence-corrected chi connectivity index (χ3v) is 5.49. The van der Waals surface area contributed by atoms with Crippen LogP contribution in [0.3, 0.4) is 0 Å². The third kappa shape index (κ3) is 2.49. The first kappa shape index (κ1) is 17.2. The Kier molecular flexibility index (Phi) is 3.94. The summed E-state index contributed by atoms with van der Waals surface area (Å²) in [5.74, 6) is -0.836. The van der Waals surface area contributed by atoms with Crippen LogP contribution in [0.15, 0.2) is 29.4 Å². The lowest BCUT2D eigenvalue weighted by atomic mass is 9.85. The van der Waals surface area contributed by atoms with E-state index in [4.69, 9.17) is 9.47 Å².